The topological polar surface area (TPSA) is 58.2 Å². The second-order valence-electron chi connectivity index (χ2n) is 5.66. The molecule has 132 valence electrons. The molecule has 0 atom stereocenters. The van der Waals surface area contributed by atoms with Crippen LogP contribution in [0.1, 0.15) is 20.7 Å². The number of rotatable bonds is 5. The molecule has 4 nitrogen and oxygen atoms in total. The third-order valence-corrected chi connectivity index (χ3v) is 3.91. The maximum atomic E-state index is 13.5. The van der Waals surface area contributed by atoms with E-state index in [9.17, 15) is 18.4 Å². The SMILES string of the molecule is O=C(NCCNC(=O)c1cccc2ccccc12)c1ccc(F)cc1F. The highest BCUT2D eigenvalue weighted by molar-refractivity contribution is 6.07. The van der Waals surface area contributed by atoms with Gasteiger partial charge in [0.1, 0.15) is 11.6 Å². The van der Waals surface area contributed by atoms with Crippen molar-refractivity contribution >= 4 is 22.6 Å². The summed E-state index contributed by atoms with van der Waals surface area (Å²) in [6, 6.07) is 15.7. The first-order chi connectivity index (χ1) is 12.6. The molecule has 0 spiro atoms. The highest BCUT2D eigenvalue weighted by Crippen LogP contribution is 2.18. The van der Waals surface area contributed by atoms with Crippen LogP contribution in [-0.2, 0) is 0 Å². The van der Waals surface area contributed by atoms with Crippen molar-refractivity contribution in [3.05, 3.63) is 83.4 Å². The Morgan fingerprint density at radius 3 is 2.15 bits per heavy atom. The maximum absolute atomic E-state index is 13.5. The van der Waals surface area contributed by atoms with Gasteiger partial charge < -0.3 is 10.6 Å². The van der Waals surface area contributed by atoms with Crippen molar-refractivity contribution in [2.45, 2.75) is 0 Å². The standard InChI is InChI=1S/C20H16F2N2O2/c21-14-8-9-17(18(22)12-14)20(26)24-11-10-23-19(25)16-7-3-5-13-4-1-2-6-15(13)16/h1-9,12H,10-11H2,(H,23,25)(H,24,26). The third-order valence-electron chi connectivity index (χ3n) is 3.91. The molecule has 0 radical (unpaired) electrons. The van der Waals surface area contributed by atoms with E-state index in [0.29, 0.717) is 11.6 Å². The van der Waals surface area contributed by atoms with E-state index in [2.05, 4.69) is 10.6 Å². The van der Waals surface area contributed by atoms with Gasteiger partial charge in [-0.1, -0.05) is 36.4 Å². The lowest BCUT2D eigenvalue weighted by Crippen LogP contribution is -2.35. The molecule has 26 heavy (non-hydrogen) atoms. The average Bonchev–Trinajstić information content (AvgIpc) is 2.64. The number of halogens is 2. The molecule has 0 saturated heterocycles. The van der Waals surface area contributed by atoms with E-state index >= 15 is 0 Å². The van der Waals surface area contributed by atoms with E-state index in [0.717, 1.165) is 22.9 Å². The van der Waals surface area contributed by atoms with E-state index in [1.54, 1.807) is 12.1 Å². The summed E-state index contributed by atoms with van der Waals surface area (Å²) in [7, 11) is 0. The highest BCUT2D eigenvalue weighted by atomic mass is 19.1. The van der Waals surface area contributed by atoms with Gasteiger partial charge in [-0.15, -0.1) is 0 Å². The number of hydrogen-bond acceptors (Lipinski definition) is 2. The molecule has 2 amide bonds. The number of amides is 2. The summed E-state index contributed by atoms with van der Waals surface area (Å²) in [4.78, 5) is 24.2. The zero-order valence-electron chi connectivity index (χ0n) is 13.8. The molecule has 0 unspecified atom stereocenters. The van der Waals surface area contributed by atoms with Crippen LogP contribution < -0.4 is 10.6 Å². The molecule has 0 bridgehead atoms. The van der Waals surface area contributed by atoms with Crippen molar-refractivity contribution in [3.63, 3.8) is 0 Å². The Bertz CT molecular complexity index is 968. The van der Waals surface area contributed by atoms with Gasteiger partial charge in [-0.25, -0.2) is 8.78 Å². The van der Waals surface area contributed by atoms with Gasteiger partial charge >= 0.3 is 0 Å². The minimum atomic E-state index is -0.928. The monoisotopic (exact) mass is 354 g/mol. The predicted octanol–water partition coefficient (Wildman–Crippen LogP) is 3.28. The van der Waals surface area contributed by atoms with Crippen LogP contribution >= 0.6 is 0 Å². The van der Waals surface area contributed by atoms with E-state index in [1.807, 2.05) is 30.3 Å². The Labute approximate surface area is 148 Å². The van der Waals surface area contributed by atoms with Crippen molar-refractivity contribution < 1.29 is 18.4 Å². The quantitative estimate of drug-likeness (QED) is 0.691. The number of carbonyl (C=O) groups is 2. The third kappa shape index (κ3) is 3.85. The number of nitrogens with one attached hydrogen (secondary N) is 2. The first kappa shape index (κ1) is 17.5. The minimum Gasteiger partial charge on any atom is -0.350 e. The molecule has 0 aliphatic rings. The van der Waals surface area contributed by atoms with Gasteiger partial charge in [0.25, 0.3) is 11.8 Å². The molecule has 0 aliphatic heterocycles. The largest absolute Gasteiger partial charge is 0.350 e. The summed E-state index contributed by atoms with van der Waals surface area (Å²) in [5, 5.41) is 7.00. The van der Waals surface area contributed by atoms with Gasteiger partial charge in [-0.3, -0.25) is 9.59 Å². The fourth-order valence-electron chi connectivity index (χ4n) is 2.64. The zero-order valence-corrected chi connectivity index (χ0v) is 13.8. The van der Waals surface area contributed by atoms with E-state index < -0.39 is 17.5 Å². The molecule has 0 aliphatic carbocycles. The number of fused-ring (bicyclic) bond motifs is 1. The average molecular weight is 354 g/mol. The van der Waals surface area contributed by atoms with Gasteiger partial charge in [-0.2, -0.15) is 0 Å². The van der Waals surface area contributed by atoms with Gasteiger partial charge in [0.2, 0.25) is 0 Å². The Kier molecular flexibility index (Phi) is 5.22. The van der Waals surface area contributed by atoms with Crippen LogP contribution in [0.15, 0.2) is 60.7 Å². The lowest BCUT2D eigenvalue weighted by atomic mass is 10.0. The fourth-order valence-corrected chi connectivity index (χ4v) is 2.64. The van der Waals surface area contributed by atoms with E-state index in [1.165, 1.54) is 0 Å². The Morgan fingerprint density at radius 2 is 1.42 bits per heavy atom. The number of benzene rings is 3. The van der Waals surface area contributed by atoms with Crippen LogP contribution in [0, 0.1) is 11.6 Å². The molecule has 3 aromatic rings. The molecular formula is C20H16F2N2O2. The van der Waals surface area contributed by atoms with E-state index in [-0.39, 0.29) is 24.6 Å². The molecule has 0 fully saturated rings. The first-order valence-electron chi connectivity index (χ1n) is 8.05. The molecule has 0 aromatic heterocycles. The normalized spacial score (nSPS) is 10.5. The van der Waals surface area contributed by atoms with Crippen LogP contribution in [0.3, 0.4) is 0 Å². The summed E-state index contributed by atoms with van der Waals surface area (Å²) < 4.78 is 26.4. The fraction of sp³-hybridized carbons (Fsp3) is 0.100. The number of hydrogen-bond donors (Lipinski definition) is 2. The minimum absolute atomic E-state index is 0.117. The summed E-state index contributed by atoms with van der Waals surface area (Å²) >= 11 is 0. The second kappa shape index (κ2) is 7.74. The lowest BCUT2D eigenvalue weighted by molar-refractivity contribution is 0.0926. The Hall–Kier alpha value is -3.28. The van der Waals surface area contributed by atoms with Gasteiger partial charge in [-0.05, 0) is 29.0 Å². The first-order valence-corrected chi connectivity index (χ1v) is 8.05. The van der Waals surface area contributed by atoms with Crippen molar-refractivity contribution in [1.29, 1.82) is 0 Å². The zero-order chi connectivity index (χ0) is 18.5. The van der Waals surface area contributed by atoms with Gasteiger partial charge in [0.15, 0.2) is 0 Å². The molecule has 3 rings (SSSR count). The molecule has 6 heteroatoms. The van der Waals surface area contributed by atoms with Crippen molar-refractivity contribution in [1.82, 2.24) is 10.6 Å². The van der Waals surface area contributed by atoms with Crippen LogP contribution in [0.2, 0.25) is 0 Å². The summed E-state index contributed by atoms with van der Waals surface area (Å²) in [5.41, 5.74) is 0.297. The van der Waals surface area contributed by atoms with Crippen LogP contribution in [0.25, 0.3) is 10.8 Å². The Morgan fingerprint density at radius 1 is 0.769 bits per heavy atom. The van der Waals surface area contributed by atoms with Crippen LogP contribution in [-0.4, -0.2) is 24.9 Å². The smallest absolute Gasteiger partial charge is 0.254 e. The predicted molar refractivity (Wildman–Crippen MR) is 95.0 cm³/mol. The maximum Gasteiger partial charge on any atom is 0.254 e. The lowest BCUT2D eigenvalue weighted by Gasteiger charge is -2.09. The Balaban J connectivity index is 1.56. The van der Waals surface area contributed by atoms with E-state index in [4.69, 9.17) is 0 Å². The molecule has 2 N–H and O–H groups in total. The molecule has 3 aromatic carbocycles. The molecule has 0 heterocycles. The van der Waals surface area contributed by atoms with Crippen molar-refractivity contribution in [2.24, 2.45) is 0 Å². The second-order valence-corrected chi connectivity index (χ2v) is 5.66. The van der Waals surface area contributed by atoms with Crippen molar-refractivity contribution in [3.8, 4) is 0 Å². The summed E-state index contributed by atoms with van der Waals surface area (Å²) in [6.45, 7) is 0.294. The summed E-state index contributed by atoms with van der Waals surface area (Å²) in [5.74, 6) is -2.60. The van der Waals surface area contributed by atoms with Crippen LogP contribution in [0.5, 0.6) is 0 Å². The summed E-state index contributed by atoms with van der Waals surface area (Å²) in [6.07, 6.45) is 0. The van der Waals surface area contributed by atoms with Crippen LogP contribution in [0.4, 0.5) is 8.78 Å². The highest BCUT2D eigenvalue weighted by Gasteiger charge is 2.12. The molecular weight excluding hydrogens is 338 g/mol. The number of carbonyl (C=O) groups excluding carboxylic acids is 2. The molecule has 0 saturated carbocycles. The van der Waals surface area contributed by atoms with Crippen molar-refractivity contribution in [2.75, 3.05) is 13.1 Å². The van der Waals surface area contributed by atoms with Gasteiger partial charge in [0, 0.05) is 24.7 Å². The van der Waals surface area contributed by atoms with Gasteiger partial charge in [0.05, 0.1) is 5.56 Å².